The van der Waals surface area contributed by atoms with E-state index in [1.54, 1.807) is 23.0 Å². The maximum Gasteiger partial charge on any atom is 0.338 e. The average molecular weight is 244 g/mol. The highest BCUT2D eigenvalue weighted by Crippen LogP contribution is 2.11. The second kappa shape index (κ2) is 5.27. The average Bonchev–Trinajstić information content (AvgIpc) is 2.86. The van der Waals surface area contributed by atoms with Crippen LogP contribution in [0.15, 0.2) is 36.7 Å². The fraction of sp³-hybridized carbons (Fsp3) is 0.154. The van der Waals surface area contributed by atoms with Crippen molar-refractivity contribution in [3.8, 4) is 0 Å². The summed E-state index contributed by atoms with van der Waals surface area (Å²) in [6.07, 6.45) is 3.84. The molecule has 2 rings (SSSR count). The van der Waals surface area contributed by atoms with Gasteiger partial charge < -0.3 is 4.74 Å². The summed E-state index contributed by atoms with van der Waals surface area (Å²) in [6, 6.07) is 7.14. The summed E-state index contributed by atoms with van der Waals surface area (Å²) in [4.78, 5) is 22.1. The van der Waals surface area contributed by atoms with Gasteiger partial charge in [-0.3, -0.25) is 9.48 Å². The Morgan fingerprint density at radius 1 is 1.44 bits per heavy atom. The molecule has 0 unspecified atom stereocenters. The van der Waals surface area contributed by atoms with Crippen LogP contribution < -0.4 is 0 Å². The van der Waals surface area contributed by atoms with E-state index in [1.807, 2.05) is 12.1 Å². The largest absolute Gasteiger partial charge is 0.465 e. The van der Waals surface area contributed by atoms with Crippen molar-refractivity contribution in [2.75, 3.05) is 7.11 Å². The molecule has 0 radical (unpaired) electrons. The molecule has 0 aliphatic rings. The van der Waals surface area contributed by atoms with E-state index in [0.717, 1.165) is 11.8 Å². The van der Waals surface area contributed by atoms with Gasteiger partial charge in [-0.1, -0.05) is 18.2 Å². The number of carbonyl (C=O) groups excluding carboxylic acids is 2. The van der Waals surface area contributed by atoms with Crippen LogP contribution in [-0.2, 0) is 11.3 Å². The van der Waals surface area contributed by atoms with Crippen LogP contribution in [-0.4, -0.2) is 29.1 Å². The molecule has 5 heteroatoms. The van der Waals surface area contributed by atoms with E-state index in [9.17, 15) is 9.59 Å². The van der Waals surface area contributed by atoms with Crippen molar-refractivity contribution in [3.63, 3.8) is 0 Å². The van der Waals surface area contributed by atoms with E-state index >= 15 is 0 Å². The Kier molecular flexibility index (Phi) is 3.52. The van der Waals surface area contributed by atoms with Gasteiger partial charge in [0.25, 0.3) is 0 Å². The fourth-order valence-electron chi connectivity index (χ4n) is 1.67. The third-order valence-corrected chi connectivity index (χ3v) is 2.54. The van der Waals surface area contributed by atoms with Crippen LogP contribution in [0.5, 0.6) is 0 Å². The van der Waals surface area contributed by atoms with Crippen molar-refractivity contribution in [1.82, 2.24) is 9.78 Å². The second-order valence-electron chi connectivity index (χ2n) is 3.74. The summed E-state index contributed by atoms with van der Waals surface area (Å²) in [5, 5.41) is 4.04. The van der Waals surface area contributed by atoms with Crippen LogP contribution in [0.4, 0.5) is 0 Å². The van der Waals surface area contributed by atoms with Crippen LogP contribution in [0, 0.1) is 0 Å². The number of aldehydes is 1. The zero-order valence-electron chi connectivity index (χ0n) is 9.87. The lowest BCUT2D eigenvalue weighted by Gasteiger charge is -2.07. The molecule has 0 amide bonds. The maximum atomic E-state index is 11.6. The molecular formula is C13H12N2O3. The molecule has 1 aromatic carbocycles. The molecule has 0 bridgehead atoms. The molecule has 2 aromatic rings. The molecule has 1 aromatic heterocycles. The Morgan fingerprint density at radius 3 is 2.89 bits per heavy atom. The fourth-order valence-corrected chi connectivity index (χ4v) is 1.67. The normalized spacial score (nSPS) is 10.1. The number of rotatable bonds is 4. The van der Waals surface area contributed by atoms with E-state index in [4.69, 9.17) is 4.74 Å². The number of carbonyl (C=O) groups is 2. The molecule has 18 heavy (non-hydrogen) atoms. The molecule has 5 nitrogen and oxygen atoms in total. The quantitative estimate of drug-likeness (QED) is 0.604. The minimum absolute atomic E-state index is 0.381. The number of benzene rings is 1. The number of nitrogens with zero attached hydrogens (tertiary/aromatic N) is 2. The summed E-state index contributed by atoms with van der Waals surface area (Å²) < 4.78 is 6.32. The predicted molar refractivity (Wildman–Crippen MR) is 64.5 cm³/mol. The Bertz CT molecular complexity index is 575. The Morgan fingerprint density at radius 2 is 2.22 bits per heavy atom. The number of hydrogen-bond donors (Lipinski definition) is 0. The van der Waals surface area contributed by atoms with Gasteiger partial charge in [-0.2, -0.15) is 5.10 Å². The first-order valence-corrected chi connectivity index (χ1v) is 5.38. The molecule has 0 saturated carbocycles. The van der Waals surface area contributed by atoms with Crippen LogP contribution in [0.3, 0.4) is 0 Å². The molecule has 0 spiro atoms. The van der Waals surface area contributed by atoms with Crippen molar-refractivity contribution in [2.45, 2.75) is 6.54 Å². The monoisotopic (exact) mass is 244 g/mol. The lowest BCUT2D eigenvalue weighted by Crippen LogP contribution is -2.09. The van der Waals surface area contributed by atoms with Gasteiger partial charge in [0, 0.05) is 6.20 Å². The van der Waals surface area contributed by atoms with Crippen LogP contribution in [0.25, 0.3) is 0 Å². The van der Waals surface area contributed by atoms with Crippen molar-refractivity contribution < 1.29 is 14.3 Å². The van der Waals surface area contributed by atoms with Crippen molar-refractivity contribution in [3.05, 3.63) is 53.3 Å². The maximum absolute atomic E-state index is 11.6. The number of esters is 1. The Hall–Kier alpha value is -2.43. The smallest absolute Gasteiger partial charge is 0.338 e. The highest BCUT2D eigenvalue weighted by atomic mass is 16.5. The standard InChI is InChI=1S/C13H12N2O3/c1-18-13(17)12-5-3-2-4-11(12)8-15-7-10(9-16)6-14-15/h2-7,9H,8H2,1H3. The van der Waals surface area contributed by atoms with E-state index in [1.165, 1.54) is 13.3 Å². The van der Waals surface area contributed by atoms with Crippen LogP contribution >= 0.6 is 0 Å². The lowest BCUT2D eigenvalue weighted by molar-refractivity contribution is 0.0599. The number of aromatic nitrogens is 2. The zero-order chi connectivity index (χ0) is 13.0. The van der Waals surface area contributed by atoms with E-state index in [0.29, 0.717) is 17.7 Å². The Labute approximate surface area is 104 Å². The lowest BCUT2D eigenvalue weighted by atomic mass is 10.1. The predicted octanol–water partition coefficient (Wildman–Crippen LogP) is 1.53. The van der Waals surface area contributed by atoms with Crippen molar-refractivity contribution >= 4 is 12.3 Å². The van der Waals surface area contributed by atoms with E-state index < -0.39 is 0 Å². The van der Waals surface area contributed by atoms with Gasteiger partial charge in [0.1, 0.15) is 0 Å². The molecular weight excluding hydrogens is 232 g/mol. The molecule has 0 saturated heterocycles. The van der Waals surface area contributed by atoms with Gasteiger partial charge in [0.15, 0.2) is 6.29 Å². The summed E-state index contributed by atoms with van der Waals surface area (Å²) in [7, 11) is 1.34. The van der Waals surface area contributed by atoms with E-state index in [-0.39, 0.29) is 5.97 Å². The van der Waals surface area contributed by atoms with Crippen LogP contribution in [0.1, 0.15) is 26.3 Å². The van der Waals surface area contributed by atoms with Gasteiger partial charge in [-0.25, -0.2) is 4.79 Å². The second-order valence-corrected chi connectivity index (χ2v) is 3.74. The molecule has 1 heterocycles. The van der Waals surface area contributed by atoms with Gasteiger partial charge in [0.05, 0.1) is 31.0 Å². The Balaban J connectivity index is 2.28. The number of ether oxygens (including phenoxy) is 1. The topological polar surface area (TPSA) is 61.2 Å². The highest BCUT2D eigenvalue weighted by molar-refractivity contribution is 5.90. The molecule has 0 atom stereocenters. The summed E-state index contributed by atoms with van der Waals surface area (Å²) >= 11 is 0. The first-order chi connectivity index (χ1) is 8.74. The summed E-state index contributed by atoms with van der Waals surface area (Å²) in [6.45, 7) is 0.416. The molecule has 0 aliphatic heterocycles. The summed E-state index contributed by atoms with van der Waals surface area (Å²) in [5.41, 5.74) is 1.80. The first kappa shape index (κ1) is 12.0. The zero-order valence-corrected chi connectivity index (χ0v) is 9.87. The molecule has 0 N–H and O–H groups in total. The highest BCUT2D eigenvalue weighted by Gasteiger charge is 2.11. The minimum atomic E-state index is -0.381. The van der Waals surface area contributed by atoms with Gasteiger partial charge in [0.2, 0.25) is 0 Å². The van der Waals surface area contributed by atoms with Crippen molar-refractivity contribution in [1.29, 1.82) is 0 Å². The third-order valence-electron chi connectivity index (χ3n) is 2.54. The summed E-state index contributed by atoms with van der Waals surface area (Å²) in [5.74, 6) is -0.381. The molecule has 0 aliphatic carbocycles. The molecule has 92 valence electrons. The number of methoxy groups -OCH3 is 1. The van der Waals surface area contributed by atoms with Gasteiger partial charge >= 0.3 is 5.97 Å². The SMILES string of the molecule is COC(=O)c1ccccc1Cn1cc(C=O)cn1. The van der Waals surface area contributed by atoms with Crippen LogP contribution in [0.2, 0.25) is 0 Å². The number of hydrogen-bond acceptors (Lipinski definition) is 4. The van der Waals surface area contributed by atoms with E-state index in [2.05, 4.69) is 5.10 Å². The minimum Gasteiger partial charge on any atom is -0.465 e. The van der Waals surface area contributed by atoms with Crippen molar-refractivity contribution in [2.24, 2.45) is 0 Å². The first-order valence-electron chi connectivity index (χ1n) is 5.38. The third kappa shape index (κ3) is 2.45. The molecule has 0 fully saturated rings. The van der Waals surface area contributed by atoms with Gasteiger partial charge in [-0.15, -0.1) is 0 Å². The van der Waals surface area contributed by atoms with Gasteiger partial charge in [-0.05, 0) is 11.6 Å².